The zero-order valence-corrected chi connectivity index (χ0v) is 12.6. The van der Waals surface area contributed by atoms with Gasteiger partial charge in [0.05, 0.1) is 12.3 Å². The summed E-state index contributed by atoms with van der Waals surface area (Å²) >= 11 is 0. The molecule has 0 radical (unpaired) electrons. The summed E-state index contributed by atoms with van der Waals surface area (Å²) in [5.74, 6) is -0.193. The second-order valence-electron chi connectivity index (χ2n) is 5.56. The van der Waals surface area contributed by atoms with Gasteiger partial charge in [0.25, 0.3) is 5.91 Å². The molecule has 1 aromatic carbocycles. The van der Waals surface area contributed by atoms with Gasteiger partial charge < -0.3 is 10.4 Å². The predicted octanol–water partition coefficient (Wildman–Crippen LogP) is 1.86. The third-order valence-electron chi connectivity index (χ3n) is 4.04. The molecule has 0 bridgehead atoms. The normalized spacial score (nSPS) is 14.2. The number of amides is 1. The van der Waals surface area contributed by atoms with Crippen LogP contribution >= 0.6 is 0 Å². The van der Waals surface area contributed by atoms with Crippen LogP contribution in [0.2, 0.25) is 0 Å². The molecule has 22 heavy (non-hydrogen) atoms. The number of benzene rings is 1. The average Bonchev–Trinajstić information content (AvgIpc) is 2.75. The van der Waals surface area contributed by atoms with Gasteiger partial charge in [-0.25, -0.2) is 4.68 Å². The van der Waals surface area contributed by atoms with Crippen molar-refractivity contribution in [3.63, 3.8) is 0 Å². The number of fused-ring (bicyclic) bond motifs is 1. The van der Waals surface area contributed by atoms with Gasteiger partial charge in [0.1, 0.15) is 0 Å². The monoisotopic (exact) mass is 299 g/mol. The van der Waals surface area contributed by atoms with Crippen molar-refractivity contribution in [2.75, 3.05) is 13.2 Å². The third-order valence-corrected chi connectivity index (χ3v) is 4.04. The number of para-hydroxylation sites is 1. The maximum Gasteiger partial charge on any atom is 0.272 e. The average molecular weight is 299 g/mol. The lowest BCUT2D eigenvalue weighted by Gasteiger charge is -2.06. The smallest absolute Gasteiger partial charge is 0.272 e. The predicted molar refractivity (Wildman–Crippen MR) is 84.2 cm³/mol. The van der Waals surface area contributed by atoms with Crippen molar-refractivity contribution in [2.24, 2.45) is 0 Å². The molecular formula is C17H21N3O2. The molecule has 1 aromatic heterocycles. The first-order valence-electron chi connectivity index (χ1n) is 7.86. The van der Waals surface area contributed by atoms with Crippen LogP contribution in [0.1, 0.15) is 41.0 Å². The molecule has 0 spiro atoms. The lowest BCUT2D eigenvalue weighted by molar-refractivity contribution is 0.0938. The van der Waals surface area contributed by atoms with Crippen LogP contribution in [0.15, 0.2) is 30.3 Å². The number of hydrogen-bond donors (Lipinski definition) is 2. The van der Waals surface area contributed by atoms with Gasteiger partial charge in [-0.2, -0.15) is 5.10 Å². The zero-order chi connectivity index (χ0) is 15.4. The van der Waals surface area contributed by atoms with E-state index in [1.807, 2.05) is 35.0 Å². The molecule has 1 aliphatic carbocycles. The van der Waals surface area contributed by atoms with E-state index in [4.69, 9.17) is 5.11 Å². The molecule has 1 heterocycles. The molecular weight excluding hydrogens is 278 g/mol. The molecule has 0 saturated heterocycles. The molecule has 116 valence electrons. The highest BCUT2D eigenvalue weighted by Crippen LogP contribution is 2.26. The van der Waals surface area contributed by atoms with Crippen LogP contribution in [0.3, 0.4) is 0 Å². The minimum absolute atomic E-state index is 0.0622. The van der Waals surface area contributed by atoms with Crippen LogP contribution in [0, 0.1) is 0 Å². The molecule has 2 N–H and O–H groups in total. The molecule has 3 rings (SSSR count). The van der Waals surface area contributed by atoms with Crippen LogP contribution < -0.4 is 5.32 Å². The first-order valence-corrected chi connectivity index (χ1v) is 7.86. The van der Waals surface area contributed by atoms with Crippen molar-refractivity contribution in [1.82, 2.24) is 15.1 Å². The number of hydrogen-bond acceptors (Lipinski definition) is 3. The number of nitrogens with one attached hydrogen (secondary N) is 1. The molecule has 2 aromatic rings. The van der Waals surface area contributed by atoms with Gasteiger partial charge in [0, 0.05) is 17.8 Å². The summed E-state index contributed by atoms with van der Waals surface area (Å²) in [6, 6.07) is 9.94. The standard InChI is InChI=1S/C17H21N3O2/c21-12-11-18-17(22)16-14-9-5-2-6-10-15(14)20(19-16)13-7-3-1-4-8-13/h1,3-4,7-8,21H,2,5-6,9-12H2,(H,18,22). The van der Waals surface area contributed by atoms with Crippen molar-refractivity contribution < 1.29 is 9.90 Å². The Morgan fingerprint density at radius 2 is 1.95 bits per heavy atom. The molecule has 5 heteroatoms. The number of aliphatic hydroxyl groups is 1. The summed E-state index contributed by atoms with van der Waals surface area (Å²) < 4.78 is 1.91. The van der Waals surface area contributed by atoms with E-state index in [0.717, 1.165) is 42.6 Å². The molecule has 1 amide bonds. The largest absolute Gasteiger partial charge is 0.395 e. The van der Waals surface area contributed by atoms with Crippen LogP contribution in [-0.2, 0) is 12.8 Å². The molecule has 0 atom stereocenters. The van der Waals surface area contributed by atoms with E-state index >= 15 is 0 Å². The summed E-state index contributed by atoms with van der Waals surface area (Å²) in [6.07, 6.45) is 5.24. The van der Waals surface area contributed by atoms with Gasteiger partial charge in [-0.05, 0) is 37.8 Å². The van der Waals surface area contributed by atoms with E-state index in [0.29, 0.717) is 5.69 Å². The van der Waals surface area contributed by atoms with Gasteiger partial charge in [0.2, 0.25) is 0 Å². The highest BCUT2D eigenvalue weighted by Gasteiger charge is 2.24. The minimum atomic E-state index is -0.193. The van der Waals surface area contributed by atoms with Gasteiger partial charge in [-0.3, -0.25) is 4.79 Å². The van der Waals surface area contributed by atoms with Crippen molar-refractivity contribution in [1.29, 1.82) is 0 Å². The molecule has 1 aliphatic rings. The number of rotatable bonds is 4. The van der Waals surface area contributed by atoms with Gasteiger partial charge in [-0.1, -0.05) is 24.6 Å². The lowest BCUT2D eigenvalue weighted by atomic mass is 10.1. The van der Waals surface area contributed by atoms with Crippen molar-refractivity contribution in [3.8, 4) is 5.69 Å². The van der Waals surface area contributed by atoms with Crippen LogP contribution in [0.25, 0.3) is 5.69 Å². The fourth-order valence-electron chi connectivity index (χ4n) is 2.99. The molecule has 0 aliphatic heterocycles. The maximum absolute atomic E-state index is 12.3. The Hall–Kier alpha value is -2.14. The lowest BCUT2D eigenvalue weighted by Crippen LogP contribution is -2.27. The van der Waals surface area contributed by atoms with E-state index in [9.17, 15) is 4.79 Å². The number of carbonyl (C=O) groups is 1. The highest BCUT2D eigenvalue weighted by atomic mass is 16.3. The number of aliphatic hydroxyl groups excluding tert-OH is 1. The molecule has 5 nitrogen and oxygen atoms in total. The Morgan fingerprint density at radius 3 is 2.73 bits per heavy atom. The van der Waals surface area contributed by atoms with E-state index in [2.05, 4.69) is 10.4 Å². The van der Waals surface area contributed by atoms with Crippen LogP contribution in [0.4, 0.5) is 0 Å². The number of nitrogens with zero attached hydrogens (tertiary/aromatic N) is 2. The minimum Gasteiger partial charge on any atom is -0.395 e. The summed E-state index contributed by atoms with van der Waals surface area (Å²) in [6.45, 7) is 0.194. The Morgan fingerprint density at radius 1 is 1.18 bits per heavy atom. The second kappa shape index (κ2) is 6.75. The fourth-order valence-corrected chi connectivity index (χ4v) is 2.99. The van der Waals surface area contributed by atoms with Crippen molar-refractivity contribution >= 4 is 5.91 Å². The van der Waals surface area contributed by atoms with E-state index in [1.54, 1.807) is 0 Å². The molecule has 0 saturated carbocycles. The number of carbonyl (C=O) groups excluding carboxylic acids is 1. The Balaban J connectivity index is 2.04. The molecule has 0 fully saturated rings. The molecule has 0 unspecified atom stereocenters. The van der Waals surface area contributed by atoms with Crippen molar-refractivity contribution in [2.45, 2.75) is 32.1 Å². The van der Waals surface area contributed by atoms with Gasteiger partial charge >= 0.3 is 0 Å². The summed E-state index contributed by atoms with van der Waals surface area (Å²) in [5.41, 5.74) is 3.71. The van der Waals surface area contributed by atoms with Crippen molar-refractivity contribution in [3.05, 3.63) is 47.3 Å². The van der Waals surface area contributed by atoms with Gasteiger partial charge in [-0.15, -0.1) is 0 Å². The summed E-state index contributed by atoms with van der Waals surface area (Å²) in [7, 11) is 0. The third kappa shape index (κ3) is 2.90. The van der Waals surface area contributed by atoms with Gasteiger partial charge in [0.15, 0.2) is 5.69 Å². The van der Waals surface area contributed by atoms with Crippen LogP contribution in [0.5, 0.6) is 0 Å². The highest BCUT2D eigenvalue weighted by molar-refractivity contribution is 5.94. The zero-order valence-electron chi connectivity index (χ0n) is 12.6. The quantitative estimate of drug-likeness (QED) is 0.847. The van der Waals surface area contributed by atoms with E-state index in [-0.39, 0.29) is 19.1 Å². The summed E-state index contributed by atoms with van der Waals surface area (Å²) in [4.78, 5) is 12.3. The Bertz CT molecular complexity index is 649. The fraction of sp³-hybridized carbons (Fsp3) is 0.412. The first kappa shape index (κ1) is 14.8. The number of aromatic nitrogens is 2. The van der Waals surface area contributed by atoms with E-state index in [1.165, 1.54) is 6.42 Å². The maximum atomic E-state index is 12.3. The SMILES string of the molecule is O=C(NCCO)c1nn(-c2ccccc2)c2c1CCCCC2. The topological polar surface area (TPSA) is 67.2 Å². The van der Waals surface area contributed by atoms with Crippen LogP contribution in [-0.4, -0.2) is 33.9 Å². The summed E-state index contributed by atoms with van der Waals surface area (Å²) in [5, 5.41) is 16.2. The Labute approximate surface area is 130 Å². The van der Waals surface area contributed by atoms with E-state index < -0.39 is 0 Å². The first-order chi connectivity index (χ1) is 10.8. The second-order valence-corrected chi connectivity index (χ2v) is 5.56. The Kier molecular flexibility index (Phi) is 4.53.